The van der Waals surface area contributed by atoms with E-state index in [2.05, 4.69) is 62.1 Å². The van der Waals surface area contributed by atoms with Gasteiger partial charge in [0.1, 0.15) is 12.0 Å². The van der Waals surface area contributed by atoms with Crippen LogP contribution in [0.3, 0.4) is 0 Å². The third-order valence-electron chi connectivity index (χ3n) is 11.6. The van der Waals surface area contributed by atoms with E-state index in [0.29, 0.717) is 18.7 Å². The molecule has 2 aromatic carbocycles. The van der Waals surface area contributed by atoms with Crippen molar-refractivity contribution in [1.29, 1.82) is 0 Å². The molecule has 0 unspecified atom stereocenters. The van der Waals surface area contributed by atoms with Gasteiger partial charge in [-0.3, -0.25) is 29.4 Å². The molecular formula is C45H49N9O2. The van der Waals surface area contributed by atoms with Gasteiger partial charge in [0, 0.05) is 86.5 Å². The van der Waals surface area contributed by atoms with Gasteiger partial charge in [-0.2, -0.15) is 0 Å². The van der Waals surface area contributed by atoms with Crippen molar-refractivity contribution in [3.05, 3.63) is 125 Å². The van der Waals surface area contributed by atoms with Gasteiger partial charge in [0.15, 0.2) is 0 Å². The van der Waals surface area contributed by atoms with Crippen molar-refractivity contribution >= 4 is 28.5 Å². The molecular weight excluding hydrogens is 699 g/mol. The predicted molar refractivity (Wildman–Crippen MR) is 220 cm³/mol. The number of aryl methyl sites for hydroxylation is 2. The molecule has 4 aromatic heterocycles. The monoisotopic (exact) mass is 747 g/mol. The Morgan fingerprint density at radius 3 is 2.11 bits per heavy atom. The summed E-state index contributed by atoms with van der Waals surface area (Å²) in [5.74, 6) is -0.0615. The summed E-state index contributed by atoms with van der Waals surface area (Å²) < 4.78 is 0. The molecule has 2 aliphatic rings. The number of likely N-dealkylation sites (tertiary alicyclic amines) is 1. The van der Waals surface area contributed by atoms with E-state index in [1.807, 2.05) is 78.8 Å². The maximum absolute atomic E-state index is 13.7. The number of nitrogens with zero attached hydrogens (tertiary/aromatic N) is 7. The zero-order valence-corrected chi connectivity index (χ0v) is 32.6. The highest BCUT2D eigenvalue weighted by Crippen LogP contribution is 2.42. The first-order valence-electron chi connectivity index (χ1n) is 19.7. The summed E-state index contributed by atoms with van der Waals surface area (Å²) in [4.78, 5) is 54.9. The van der Waals surface area contributed by atoms with Crippen LogP contribution in [0.4, 0.5) is 5.69 Å². The first kappa shape index (κ1) is 37.2. The standard InChI is InChI=1S/C45H49N9O2/c1-29-9-7-19-46-41(29)39-13-6-14-40(42-30(2)10-8-20-47-42)54(39)26-23-52-21-24-53(25-22-52)45(56)34-17-15-33(16-18-34)38-27-36-43(48-28-49-44(36)51-38)35-11-5-12-37(31(35)3)50-32(4)55/h5,7-12,15-20,27-28,39-40H,6,13-14,21-26H2,1-4H3,(H,50,55)(H,48,49,51)/t39-,40+. The predicted octanol–water partition coefficient (Wildman–Crippen LogP) is 7.69. The summed E-state index contributed by atoms with van der Waals surface area (Å²) >= 11 is 0. The number of piperazine rings is 1. The van der Waals surface area contributed by atoms with Gasteiger partial charge in [0.25, 0.3) is 5.91 Å². The summed E-state index contributed by atoms with van der Waals surface area (Å²) in [5.41, 5.74) is 11.5. The summed E-state index contributed by atoms with van der Waals surface area (Å²) in [6.07, 6.45) is 8.72. The minimum absolute atomic E-state index is 0.0583. The van der Waals surface area contributed by atoms with E-state index < -0.39 is 0 Å². The normalized spacial score (nSPS) is 18.0. The number of pyridine rings is 2. The second kappa shape index (κ2) is 16.1. The van der Waals surface area contributed by atoms with Crippen LogP contribution >= 0.6 is 0 Å². The Hall–Kier alpha value is -5.78. The minimum Gasteiger partial charge on any atom is -0.339 e. The second-order valence-corrected chi connectivity index (χ2v) is 15.1. The van der Waals surface area contributed by atoms with Gasteiger partial charge in [0.05, 0.1) is 29.2 Å². The molecule has 0 aliphatic carbocycles. The van der Waals surface area contributed by atoms with Gasteiger partial charge in [0.2, 0.25) is 5.91 Å². The molecule has 2 atom stereocenters. The van der Waals surface area contributed by atoms with Crippen molar-refractivity contribution in [3.8, 4) is 22.5 Å². The van der Waals surface area contributed by atoms with Crippen molar-refractivity contribution in [2.24, 2.45) is 0 Å². The van der Waals surface area contributed by atoms with E-state index in [9.17, 15) is 9.59 Å². The summed E-state index contributed by atoms with van der Waals surface area (Å²) in [5, 5.41) is 3.79. The van der Waals surface area contributed by atoms with Crippen LogP contribution in [-0.4, -0.2) is 90.7 Å². The van der Waals surface area contributed by atoms with Crippen LogP contribution in [0.15, 0.2) is 91.5 Å². The lowest BCUT2D eigenvalue weighted by Gasteiger charge is -2.44. The van der Waals surface area contributed by atoms with Crippen molar-refractivity contribution in [1.82, 2.24) is 39.6 Å². The van der Waals surface area contributed by atoms with Crippen LogP contribution in [-0.2, 0) is 4.79 Å². The van der Waals surface area contributed by atoms with Gasteiger partial charge < -0.3 is 15.2 Å². The number of H-pyrrole nitrogens is 1. The minimum atomic E-state index is -0.120. The third-order valence-corrected chi connectivity index (χ3v) is 11.6. The molecule has 0 saturated carbocycles. The van der Waals surface area contributed by atoms with E-state index in [0.717, 1.165) is 90.2 Å². The lowest BCUT2D eigenvalue weighted by atomic mass is 9.89. The lowest BCUT2D eigenvalue weighted by molar-refractivity contribution is -0.114. The number of benzene rings is 2. The van der Waals surface area contributed by atoms with E-state index in [-0.39, 0.29) is 23.9 Å². The summed E-state index contributed by atoms with van der Waals surface area (Å²) in [7, 11) is 0. The average Bonchev–Trinajstić information content (AvgIpc) is 3.66. The number of carbonyl (C=O) groups is 2. The van der Waals surface area contributed by atoms with Crippen molar-refractivity contribution < 1.29 is 9.59 Å². The maximum atomic E-state index is 13.7. The highest BCUT2D eigenvalue weighted by Gasteiger charge is 2.35. The molecule has 2 aliphatic heterocycles. The number of amides is 2. The molecule has 0 spiro atoms. The quantitative estimate of drug-likeness (QED) is 0.154. The van der Waals surface area contributed by atoms with Gasteiger partial charge >= 0.3 is 0 Å². The molecule has 6 aromatic rings. The molecule has 2 fully saturated rings. The second-order valence-electron chi connectivity index (χ2n) is 15.1. The molecule has 2 saturated heterocycles. The molecule has 0 bridgehead atoms. The fraction of sp³-hybridized carbons (Fsp3) is 0.333. The van der Waals surface area contributed by atoms with Gasteiger partial charge in [-0.15, -0.1) is 0 Å². The molecule has 11 nitrogen and oxygen atoms in total. The zero-order chi connectivity index (χ0) is 38.8. The van der Waals surface area contributed by atoms with Crippen molar-refractivity contribution in [2.75, 3.05) is 44.6 Å². The number of nitrogens with one attached hydrogen (secondary N) is 2. The molecule has 2 N–H and O–H groups in total. The van der Waals surface area contributed by atoms with Crippen LogP contribution in [0.5, 0.6) is 0 Å². The van der Waals surface area contributed by atoms with Crippen LogP contribution in [0.25, 0.3) is 33.5 Å². The summed E-state index contributed by atoms with van der Waals surface area (Å²) in [6.45, 7) is 12.7. The number of fused-ring (bicyclic) bond motifs is 1. The molecule has 56 heavy (non-hydrogen) atoms. The largest absolute Gasteiger partial charge is 0.339 e. The molecule has 6 heterocycles. The highest BCUT2D eigenvalue weighted by atomic mass is 16.2. The Morgan fingerprint density at radius 1 is 0.786 bits per heavy atom. The fourth-order valence-electron chi connectivity index (χ4n) is 8.58. The Morgan fingerprint density at radius 2 is 1.46 bits per heavy atom. The van der Waals surface area contributed by atoms with Crippen molar-refractivity contribution in [3.63, 3.8) is 0 Å². The maximum Gasteiger partial charge on any atom is 0.253 e. The zero-order valence-electron chi connectivity index (χ0n) is 32.6. The molecule has 286 valence electrons. The fourth-order valence-corrected chi connectivity index (χ4v) is 8.58. The Kier molecular flexibility index (Phi) is 10.7. The third kappa shape index (κ3) is 7.56. The Bertz CT molecular complexity index is 2310. The van der Waals surface area contributed by atoms with E-state index in [1.54, 1.807) is 6.33 Å². The molecule has 11 heteroatoms. The lowest BCUT2D eigenvalue weighted by Crippen LogP contribution is -2.51. The first-order valence-corrected chi connectivity index (χ1v) is 19.7. The number of piperidine rings is 1. The van der Waals surface area contributed by atoms with Crippen LogP contribution in [0.1, 0.15) is 76.7 Å². The Labute approximate surface area is 328 Å². The summed E-state index contributed by atoms with van der Waals surface area (Å²) in [6, 6.07) is 24.6. The highest BCUT2D eigenvalue weighted by molar-refractivity contribution is 5.98. The number of anilines is 1. The number of hydrogen-bond acceptors (Lipinski definition) is 8. The van der Waals surface area contributed by atoms with E-state index in [4.69, 9.17) is 9.97 Å². The number of carbonyl (C=O) groups excluding carboxylic acids is 2. The topological polar surface area (TPSA) is 123 Å². The van der Waals surface area contributed by atoms with E-state index in [1.165, 1.54) is 29.4 Å². The van der Waals surface area contributed by atoms with Gasteiger partial charge in [-0.25, -0.2) is 9.97 Å². The smallest absolute Gasteiger partial charge is 0.253 e. The van der Waals surface area contributed by atoms with Gasteiger partial charge in [-0.1, -0.05) is 36.4 Å². The molecule has 8 rings (SSSR count). The first-order chi connectivity index (χ1) is 27.2. The number of hydrogen-bond donors (Lipinski definition) is 2. The average molecular weight is 748 g/mol. The van der Waals surface area contributed by atoms with Crippen LogP contribution in [0.2, 0.25) is 0 Å². The number of aromatic amines is 1. The molecule has 0 radical (unpaired) electrons. The molecule has 2 amide bonds. The van der Waals surface area contributed by atoms with Crippen LogP contribution < -0.4 is 5.32 Å². The Balaban J connectivity index is 0.924. The van der Waals surface area contributed by atoms with Crippen LogP contribution in [0, 0.1) is 20.8 Å². The van der Waals surface area contributed by atoms with E-state index >= 15 is 0 Å². The van der Waals surface area contributed by atoms with Crippen molar-refractivity contribution in [2.45, 2.75) is 59.0 Å². The number of aromatic nitrogens is 5. The SMILES string of the molecule is CC(=O)Nc1cccc(-c2ncnc3[nH]c(-c4ccc(C(=O)N5CCN(CCN6[C@@H](c7ncccc7C)CCC[C@H]6c6ncccc6C)CC5)cc4)cc23)c1C. The number of rotatable bonds is 9. The van der Waals surface area contributed by atoms with Gasteiger partial charge in [-0.05, 0) is 98.7 Å².